The summed E-state index contributed by atoms with van der Waals surface area (Å²) in [6.45, 7) is 5.08. The van der Waals surface area contributed by atoms with E-state index >= 15 is 0 Å². The number of alkyl halides is 2. The Bertz CT molecular complexity index is 1310. The number of carbonyl (C=O) groups excluding carboxylic acids is 1. The third-order valence-electron chi connectivity index (χ3n) is 8.31. The van der Waals surface area contributed by atoms with Crippen molar-refractivity contribution >= 4 is 17.4 Å². The molecule has 10 nitrogen and oxygen atoms in total. The third kappa shape index (κ3) is 6.02. The number of hydrogen-bond acceptors (Lipinski definition) is 8. The SMILES string of the molecule is CN(c1cc(-c2nc(C(=O)Nc3cn(C4CCN(CC5CCNCC5)CC4)nc3C(F)F)co2)ccn1)C1CC1. The zero-order valence-electron chi connectivity index (χ0n) is 22.7. The van der Waals surface area contributed by atoms with Gasteiger partial charge in [0.15, 0.2) is 11.4 Å². The second kappa shape index (κ2) is 11.6. The molecule has 2 aliphatic heterocycles. The van der Waals surface area contributed by atoms with Crippen LogP contribution in [0.15, 0.2) is 35.2 Å². The van der Waals surface area contributed by atoms with Crippen molar-refractivity contribution < 1.29 is 18.0 Å². The molecule has 6 rings (SSSR count). The lowest BCUT2D eigenvalue weighted by atomic mass is 9.96. The van der Waals surface area contributed by atoms with Gasteiger partial charge in [-0.25, -0.2) is 18.7 Å². The molecule has 0 bridgehead atoms. The molecule has 2 saturated heterocycles. The van der Waals surface area contributed by atoms with Crippen molar-refractivity contribution in [2.45, 2.75) is 57.0 Å². The Hall–Kier alpha value is -3.38. The highest BCUT2D eigenvalue weighted by Crippen LogP contribution is 2.32. The number of amides is 1. The molecule has 0 unspecified atom stereocenters. The fraction of sp³-hybridized carbons (Fsp3) is 0.571. The number of halogens is 2. The summed E-state index contributed by atoms with van der Waals surface area (Å²) in [6, 6.07) is 4.13. The number of nitrogens with zero attached hydrogens (tertiary/aromatic N) is 6. The van der Waals surface area contributed by atoms with Crippen LogP contribution in [0.5, 0.6) is 0 Å². The number of nitrogens with one attached hydrogen (secondary N) is 2. The van der Waals surface area contributed by atoms with Crippen LogP contribution in [0.2, 0.25) is 0 Å². The highest BCUT2D eigenvalue weighted by atomic mass is 19.3. The lowest BCUT2D eigenvalue weighted by Gasteiger charge is -2.35. The standard InChI is InChI=1S/C28H36F2N8O2/c1-36(20-2-3-20)24-14-19(6-11-32-24)28-34-23(17-40-28)27(39)33-22-16-38(35-25(22)26(29)30)21-7-12-37(13-8-21)15-18-4-9-31-10-5-18/h6,11,14,16-18,20-21,26,31H,2-5,7-10,12-13,15H2,1H3,(H,33,39). The Morgan fingerprint density at radius 3 is 2.70 bits per heavy atom. The second-order valence-electron chi connectivity index (χ2n) is 11.2. The van der Waals surface area contributed by atoms with E-state index in [1.807, 2.05) is 13.1 Å². The molecule has 214 valence electrons. The molecular weight excluding hydrogens is 518 g/mol. The largest absolute Gasteiger partial charge is 0.444 e. The summed E-state index contributed by atoms with van der Waals surface area (Å²) in [5, 5.41) is 10.2. The molecular formula is C28H36F2N8O2. The van der Waals surface area contributed by atoms with Crippen LogP contribution in [0.1, 0.15) is 67.2 Å². The summed E-state index contributed by atoms with van der Waals surface area (Å²) >= 11 is 0. The maximum atomic E-state index is 13.9. The second-order valence-corrected chi connectivity index (χ2v) is 11.2. The van der Waals surface area contributed by atoms with Gasteiger partial charge in [-0.3, -0.25) is 9.48 Å². The lowest BCUT2D eigenvalue weighted by Crippen LogP contribution is -2.40. The molecule has 1 amide bonds. The molecule has 40 heavy (non-hydrogen) atoms. The van der Waals surface area contributed by atoms with Gasteiger partial charge in [-0.2, -0.15) is 5.10 Å². The smallest absolute Gasteiger partial charge is 0.284 e. The molecule has 0 aromatic carbocycles. The molecule has 0 spiro atoms. The molecule has 0 radical (unpaired) electrons. The topological polar surface area (TPSA) is 104 Å². The van der Waals surface area contributed by atoms with Crippen LogP contribution in [0.3, 0.4) is 0 Å². The number of oxazole rings is 1. The minimum Gasteiger partial charge on any atom is -0.444 e. The molecule has 3 aromatic rings. The van der Waals surface area contributed by atoms with E-state index in [9.17, 15) is 13.6 Å². The maximum absolute atomic E-state index is 13.9. The molecule has 2 N–H and O–H groups in total. The molecule has 3 aromatic heterocycles. The summed E-state index contributed by atoms with van der Waals surface area (Å²) in [4.78, 5) is 26.3. The molecule has 3 aliphatic rings. The summed E-state index contributed by atoms with van der Waals surface area (Å²) in [6.07, 6.45) is 7.97. The van der Waals surface area contributed by atoms with Gasteiger partial charge >= 0.3 is 0 Å². The predicted molar refractivity (Wildman–Crippen MR) is 147 cm³/mol. The van der Waals surface area contributed by atoms with Gasteiger partial charge in [-0.05, 0) is 69.7 Å². The number of likely N-dealkylation sites (tertiary alicyclic amines) is 1. The van der Waals surface area contributed by atoms with Crippen LogP contribution in [0.4, 0.5) is 20.3 Å². The van der Waals surface area contributed by atoms with Crippen molar-refractivity contribution in [1.29, 1.82) is 0 Å². The van der Waals surface area contributed by atoms with Crippen LogP contribution in [-0.2, 0) is 0 Å². The van der Waals surface area contributed by atoms with Gasteiger partial charge in [-0.15, -0.1) is 0 Å². The first-order valence-electron chi connectivity index (χ1n) is 14.2. The molecule has 12 heteroatoms. The predicted octanol–water partition coefficient (Wildman–Crippen LogP) is 4.36. The number of carbonyl (C=O) groups is 1. The van der Waals surface area contributed by atoms with Crippen molar-refractivity contribution in [1.82, 2.24) is 30.0 Å². The Balaban J connectivity index is 1.10. The first kappa shape index (κ1) is 26.8. The van der Waals surface area contributed by atoms with Gasteiger partial charge in [0.25, 0.3) is 12.3 Å². The van der Waals surface area contributed by atoms with Gasteiger partial charge in [-0.1, -0.05) is 0 Å². The van der Waals surface area contributed by atoms with Gasteiger partial charge in [0.1, 0.15) is 12.1 Å². The van der Waals surface area contributed by atoms with E-state index in [1.54, 1.807) is 16.9 Å². The zero-order valence-corrected chi connectivity index (χ0v) is 22.7. The van der Waals surface area contributed by atoms with Crippen molar-refractivity contribution in [2.75, 3.05) is 50.0 Å². The van der Waals surface area contributed by atoms with Crippen LogP contribution in [0, 0.1) is 5.92 Å². The first-order chi connectivity index (χ1) is 19.4. The Kier molecular flexibility index (Phi) is 7.79. The van der Waals surface area contributed by atoms with E-state index in [4.69, 9.17) is 4.42 Å². The number of anilines is 2. The zero-order chi connectivity index (χ0) is 27.6. The van der Waals surface area contributed by atoms with Gasteiger partial charge in [0.05, 0.1) is 11.7 Å². The van der Waals surface area contributed by atoms with E-state index in [0.717, 1.165) is 70.1 Å². The number of pyridine rings is 1. The fourth-order valence-electron chi connectivity index (χ4n) is 5.74. The number of aromatic nitrogens is 4. The third-order valence-corrected chi connectivity index (χ3v) is 8.31. The molecule has 3 fully saturated rings. The highest BCUT2D eigenvalue weighted by molar-refractivity contribution is 6.03. The number of hydrogen-bond donors (Lipinski definition) is 2. The van der Waals surface area contributed by atoms with Gasteiger partial charge in [0, 0.05) is 50.7 Å². The van der Waals surface area contributed by atoms with Gasteiger partial charge in [0.2, 0.25) is 5.89 Å². The van der Waals surface area contributed by atoms with Crippen molar-refractivity contribution in [2.24, 2.45) is 5.92 Å². The van der Waals surface area contributed by atoms with E-state index in [0.29, 0.717) is 11.6 Å². The minimum absolute atomic E-state index is 0.000981. The normalized spacial score (nSPS) is 19.3. The molecule has 0 atom stereocenters. The summed E-state index contributed by atoms with van der Waals surface area (Å²) in [5.74, 6) is 1.16. The minimum atomic E-state index is -2.82. The molecule has 5 heterocycles. The van der Waals surface area contributed by atoms with Crippen LogP contribution < -0.4 is 15.5 Å². The van der Waals surface area contributed by atoms with E-state index in [1.165, 1.54) is 25.3 Å². The van der Waals surface area contributed by atoms with Crippen LogP contribution in [-0.4, -0.2) is 76.4 Å². The van der Waals surface area contributed by atoms with Crippen molar-refractivity contribution in [3.63, 3.8) is 0 Å². The molecule has 1 saturated carbocycles. The fourth-order valence-corrected chi connectivity index (χ4v) is 5.74. The van der Waals surface area contributed by atoms with Gasteiger partial charge < -0.3 is 24.9 Å². The summed E-state index contributed by atoms with van der Waals surface area (Å²) < 4.78 is 34.9. The van der Waals surface area contributed by atoms with E-state index in [2.05, 4.69) is 35.5 Å². The summed E-state index contributed by atoms with van der Waals surface area (Å²) in [5.41, 5.74) is 0.252. The molecule has 1 aliphatic carbocycles. The lowest BCUT2D eigenvalue weighted by molar-refractivity contribution is 0.102. The highest BCUT2D eigenvalue weighted by Gasteiger charge is 2.29. The van der Waals surface area contributed by atoms with Crippen molar-refractivity contribution in [3.8, 4) is 11.5 Å². The van der Waals surface area contributed by atoms with E-state index < -0.39 is 18.0 Å². The Morgan fingerprint density at radius 2 is 1.98 bits per heavy atom. The number of piperidine rings is 2. The van der Waals surface area contributed by atoms with Crippen LogP contribution in [0.25, 0.3) is 11.5 Å². The first-order valence-corrected chi connectivity index (χ1v) is 14.2. The quantitative estimate of drug-likeness (QED) is 0.402. The maximum Gasteiger partial charge on any atom is 0.284 e. The number of rotatable bonds is 9. The average Bonchev–Trinajstić information content (AvgIpc) is 3.54. The van der Waals surface area contributed by atoms with Crippen molar-refractivity contribution in [3.05, 3.63) is 42.2 Å². The Labute approximate surface area is 232 Å². The van der Waals surface area contributed by atoms with Crippen LogP contribution >= 0.6 is 0 Å². The Morgan fingerprint density at radius 1 is 1.20 bits per heavy atom. The monoisotopic (exact) mass is 554 g/mol. The summed E-state index contributed by atoms with van der Waals surface area (Å²) in [7, 11) is 2.00. The average molecular weight is 555 g/mol. The van der Waals surface area contributed by atoms with E-state index in [-0.39, 0.29) is 23.3 Å².